The number of halogens is 1. The smallest absolute Gasteiger partial charge is 0.230 e. The van der Waals surface area contributed by atoms with E-state index in [1.807, 2.05) is 69.3 Å². The maximum atomic E-state index is 13.6. The lowest BCUT2D eigenvalue weighted by molar-refractivity contribution is -0.120. The van der Waals surface area contributed by atoms with Gasteiger partial charge in [0.25, 0.3) is 0 Å². The van der Waals surface area contributed by atoms with E-state index in [0.29, 0.717) is 13.0 Å². The van der Waals surface area contributed by atoms with E-state index in [0.717, 1.165) is 28.3 Å². The Balaban J connectivity index is 1.53. The van der Waals surface area contributed by atoms with Gasteiger partial charge in [-0.15, -0.1) is 0 Å². The molecule has 0 bridgehead atoms. The summed E-state index contributed by atoms with van der Waals surface area (Å²) >= 11 is 0. The number of aromatic nitrogens is 1. The molecule has 4 atom stereocenters. The van der Waals surface area contributed by atoms with Crippen molar-refractivity contribution in [2.24, 2.45) is 11.7 Å². The number of nitrogens with zero attached hydrogens (tertiary/aromatic N) is 2. The van der Waals surface area contributed by atoms with Crippen LogP contribution in [0.5, 0.6) is 5.75 Å². The number of amides is 1. The molecule has 2 aromatic carbocycles. The largest absolute Gasteiger partial charge is 0.491 e. The normalized spacial score (nSPS) is 18.5. The van der Waals surface area contributed by atoms with Crippen LogP contribution in [0.15, 0.2) is 66.9 Å². The predicted octanol–water partition coefficient (Wildman–Crippen LogP) is 5.17. The van der Waals surface area contributed by atoms with Gasteiger partial charge in [-0.1, -0.05) is 24.3 Å². The molecule has 1 saturated carbocycles. The number of anilines is 1. The second-order valence-electron chi connectivity index (χ2n) is 9.64. The van der Waals surface area contributed by atoms with Gasteiger partial charge in [0, 0.05) is 42.9 Å². The molecule has 1 aliphatic rings. The van der Waals surface area contributed by atoms with Crippen molar-refractivity contribution in [3.8, 4) is 16.9 Å². The van der Waals surface area contributed by atoms with Gasteiger partial charge in [0.05, 0.1) is 18.4 Å². The second-order valence-corrected chi connectivity index (χ2v) is 9.64. The first-order valence-corrected chi connectivity index (χ1v) is 12.3. The van der Waals surface area contributed by atoms with E-state index in [2.05, 4.69) is 4.98 Å². The quantitative estimate of drug-likeness (QED) is 0.423. The molecule has 0 aliphatic heterocycles. The Morgan fingerprint density at radius 2 is 1.69 bits per heavy atom. The molecule has 4 rings (SSSR count). The average molecular weight is 492 g/mol. The maximum Gasteiger partial charge on any atom is 0.230 e. The summed E-state index contributed by atoms with van der Waals surface area (Å²) in [5, 5.41) is 0. The fourth-order valence-corrected chi connectivity index (χ4v) is 4.29. The Morgan fingerprint density at radius 3 is 2.25 bits per heavy atom. The van der Waals surface area contributed by atoms with Crippen molar-refractivity contribution in [3.63, 3.8) is 0 Å². The molecule has 1 amide bonds. The summed E-state index contributed by atoms with van der Waals surface area (Å²) in [5.41, 5.74) is 9.99. The summed E-state index contributed by atoms with van der Waals surface area (Å²) in [7, 11) is 1.61. The zero-order valence-electron chi connectivity index (χ0n) is 21.2. The second kappa shape index (κ2) is 11.2. The zero-order chi connectivity index (χ0) is 25.8. The Morgan fingerprint density at radius 1 is 1.06 bits per heavy atom. The summed E-state index contributed by atoms with van der Waals surface area (Å²) in [4.78, 5) is 19.5. The van der Waals surface area contributed by atoms with E-state index in [1.54, 1.807) is 18.1 Å². The molecule has 1 aromatic heterocycles. The van der Waals surface area contributed by atoms with Crippen LogP contribution in [0.2, 0.25) is 0 Å². The third-order valence-corrected chi connectivity index (χ3v) is 6.61. The molecule has 36 heavy (non-hydrogen) atoms. The lowest BCUT2D eigenvalue weighted by Gasteiger charge is -2.29. The maximum absolute atomic E-state index is 13.6. The molecule has 0 saturated heterocycles. The molecule has 0 unspecified atom stereocenters. The number of ether oxygens (including phenoxy) is 2. The van der Waals surface area contributed by atoms with E-state index in [1.165, 1.54) is 12.3 Å². The van der Waals surface area contributed by atoms with Crippen LogP contribution >= 0.6 is 0 Å². The first-order chi connectivity index (χ1) is 17.3. The molecule has 2 N–H and O–H groups in total. The van der Waals surface area contributed by atoms with Crippen LogP contribution in [-0.4, -0.2) is 42.8 Å². The molecule has 7 heteroatoms. The van der Waals surface area contributed by atoms with E-state index >= 15 is 0 Å². The van der Waals surface area contributed by atoms with Crippen molar-refractivity contribution >= 4 is 11.6 Å². The monoisotopic (exact) mass is 491 g/mol. The minimum Gasteiger partial charge on any atom is -0.491 e. The highest BCUT2D eigenvalue weighted by Gasteiger charge is 2.47. The summed E-state index contributed by atoms with van der Waals surface area (Å²) < 4.78 is 24.4. The summed E-state index contributed by atoms with van der Waals surface area (Å²) in [6.45, 7) is 6.22. The number of nitrogens with two attached hydrogens (primary N) is 1. The highest BCUT2D eigenvalue weighted by Crippen LogP contribution is 2.48. The van der Waals surface area contributed by atoms with Gasteiger partial charge in [-0.2, -0.15) is 0 Å². The third kappa shape index (κ3) is 6.09. The zero-order valence-corrected chi connectivity index (χ0v) is 21.2. The first-order valence-electron chi connectivity index (χ1n) is 12.3. The van der Waals surface area contributed by atoms with Gasteiger partial charge < -0.3 is 20.1 Å². The van der Waals surface area contributed by atoms with Gasteiger partial charge in [0.2, 0.25) is 5.91 Å². The molecule has 6 nitrogen and oxygen atoms in total. The van der Waals surface area contributed by atoms with E-state index in [4.69, 9.17) is 15.2 Å². The van der Waals surface area contributed by atoms with Gasteiger partial charge in [0.1, 0.15) is 11.6 Å². The molecule has 3 aromatic rings. The highest BCUT2D eigenvalue weighted by atomic mass is 19.1. The van der Waals surface area contributed by atoms with Crippen LogP contribution in [0.4, 0.5) is 10.1 Å². The number of hydrogen-bond acceptors (Lipinski definition) is 5. The molecule has 1 aliphatic carbocycles. The topological polar surface area (TPSA) is 77.7 Å². The Bertz CT molecular complexity index is 1150. The lowest BCUT2D eigenvalue weighted by Crippen LogP contribution is -2.47. The molecule has 1 fully saturated rings. The SMILES string of the molecule is CO[C@H](C)[C@H](N)CN(C(=O)[C@@H]1C[C@H]1c1ccc(F)cn1)c1ccc(-c2ccc(OC(C)C)cc2)cc1. The van der Waals surface area contributed by atoms with Gasteiger partial charge in [-0.05, 0) is 74.7 Å². The van der Waals surface area contributed by atoms with Gasteiger partial charge >= 0.3 is 0 Å². The van der Waals surface area contributed by atoms with Crippen LogP contribution in [0.1, 0.15) is 38.8 Å². The van der Waals surface area contributed by atoms with Crippen molar-refractivity contribution in [2.75, 3.05) is 18.6 Å². The van der Waals surface area contributed by atoms with Crippen LogP contribution in [0.3, 0.4) is 0 Å². The van der Waals surface area contributed by atoms with Crippen molar-refractivity contribution in [1.82, 2.24) is 4.98 Å². The number of methoxy groups -OCH3 is 1. The molecule has 0 spiro atoms. The minimum atomic E-state index is -0.384. The fraction of sp³-hybridized carbons (Fsp3) is 0.379. The number of rotatable bonds is 10. The average Bonchev–Trinajstić information content (AvgIpc) is 3.68. The fourth-order valence-electron chi connectivity index (χ4n) is 4.29. The first kappa shape index (κ1) is 25.8. The van der Waals surface area contributed by atoms with Crippen LogP contribution in [0.25, 0.3) is 11.1 Å². The molecule has 1 heterocycles. The molecular weight excluding hydrogens is 457 g/mol. The number of hydrogen-bond donors (Lipinski definition) is 1. The number of carbonyl (C=O) groups is 1. The van der Waals surface area contributed by atoms with Crippen molar-refractivity contribution in [1.29, 1.82) is 0 Å². The van der Waals surface area contributed by atoms with Gasteiger partial charge in [0.15, 0.2) is 0 Å². The van der Waals surface area contributed by atoms with Crippen LogP contribution < -0.4 is 15.4 Å². The summed E-state index contributed by atoms with van der Waals surface area (Å²) in [6.07, 6.45) is 1.80. The van der Waals surface area contributed by atoms with Crippen molar-refractivity contribution in [3.05, 3.63) is 78.4 Å². The molecule has 190 valence electrons. The number of pyridine rings is 1. The predicted molar refractivity (Wildman–Crippen MR) is 139 cm³/mol. The Hall–Kier alpha value is -3.29. The number of benzene rings is 2. The van der Waals surface area contributed by atoms with Crippen molar-refractivity contribution in [2.45, 2.75) is 51.4 Å². The number of carbonyl (C=O) groups excluding carboxylic acids is 1. The standard InChI is InChI=1S/C29H34FN3O3/c1-18(2)36-24-12-7-21(8-13-24)20-5-10-23(11-6-20)33(17-27(31)19(3)35-4)29(34)26-15-25(26)28-14-9-22(30)16-32-28/h5-14,16,18-19,25-27H,15,17,31H2,1-4H3/t19-,25-,26-,27-/m1/s1. The molecular formula is C29H34FN3O3. The summed E-state index contributed by atoms with van der Waals surface area (Å²) in [5.74, 6) is 0.222. The lowest BCUT2D eigenvalue weighted by atomic mass is 10.0. The minimum absolute atomic E-state index is 0.00665. The van der Waals surface area contributed by atoms with Crippen LogP contribution in [-0.2, 0) is 9.53 Å². The highest BCUT2D eigenvalue weighted by molar-refractivity contribution is 5.97. The van der Waals surface area contributed by atoms with Gasteiger partial charge in [-0.3, -0.25) is 9.78 Å². The summed E-state index contributed by atoms with van der Waals surface area (Å²) in [6, 6.07) is 18.6. The van der Waals surface area contributed by atoms with Crippen molar-refractivity contribution < 1.29 is 18.7 Å². The molecule has 0 radical (unpaired) electrons. The van der Waals surface area contributed by atoms with E-state index in [9.17, 15) is 9.18 Å². The van der Waals surface area contributed by atoms with Gasteiger partial charge in [-0.25, -0.2) is 4.39 Å². The third-order valence-electron chi connectivity index (χ3n) is 6.61. The van der Waals surface area contributed by atoms with E-state index < -0.39 is 0 Å². The van der Waals surface area contributed by atoms with Crippen LogP contribution in [0, 0.1) is 11.7 Å². The Kier molecular flexibility index (Phi) is 8.01. The Labute approximate surface area is 212 Å². The van der Waals surface area contributed by atoms with E-state index in [-0.39, 0.29) is 41.8 Å².